The molecule has 1 aliphatic heterocycles. The van der Waals surface area contributed by atoms with Gasteiger partial charge in [0.15, 0.2) is 0 Å². The van der Waals surface area contributed by atoms with Crippen LogP contribution in [0.2, 0.25) is 0 Å². The maximum absolute atomic E-state index is 12.4. The van der Waals surface area contributed by atoms with Gasteiger partial charge in [0, 0.05) is 38.3 Å². The predicted molar refractivity (Wildman–Crippen MR) is 125 cm³/mol. The van der Waals surface area contributed by atoms with E-state index in [1.807, 2.05) is 54.6 Å². The minimum Gasteiger partial charge on any atom is -0.304 e. The van der Waals surface area contributed by atoms with Crippen LogP contribution in [0.15, 0.2) is 64.5 Å². The number of aromatic nitrogens is 2. The average molecular weight is 428 g/mol. The number of rotatable bonds is 6. The Morgan fingerprint density at radius 1 is 1.12 bits per heavy atom. The van der Waals surface area contributed by atoms with Crippen molar-refractivity contribution >= 4 is 12.2 Å². The number of likely N-dealkylation sites (N-methyl/N-ethyl adjacent to an activating group) is 1. The summed E-state index contributed by atoms with van der Waals surface area (Å²) in [5.41, 5.74) is 5.48. The molecule has 0 unspecified atom stereocenters. The third-order valence-corrected chi connectivity index (χ3v) is 5.50. The predicted octanol–water partition coefficient (Wildman–Crippen LogP) is 2.50. The van der Waals surface area contributed by atoms with E-state index in [9.17, 15) is 10.1 Å². The number of nitrogens with zero attached hydrogens (tertiary/aromatic N) is 5. The van der Waals surface area contributed by atoms with Crippen LogP contribution < -0.4 is 11.0 Å². The SMILES string of the molecule is CN1CCN(Cc2ccccc2C=NNc2nc(-c3ccccc3)c(C#N)c(=O)[nH]2)CC1. The van der Waals surface area contributed by atoms with Crippen LogP contribution in [-0.4, -0.2) is 59.2 Å². The van der Waals surface area contributed by atoms with Crippen LogP contribution in [0.4, 0.5) is 5.95 Å². The molecule has 3 aromatic rings. The topological polar surface area (TPSA) is 100 Å². The van der Waals surface area contributed by atoms with Crippen molar-refractivity contribution in [3.05, 3.63) is 81.6 Å². The molecule has 1 fully saturated rings. The lowest BCUT2D eigenvalue weighted by atomic mass is 10.1. The summed E-state index contributed by atoms with van der Waals surface area (Å²) in [5.74, 6) is 0.181. The molecular formula is C24H25N7O. The highest BCUT2D eigenvalue weighted by molar-refractivity contribution is 5.82. The molecule has 0 radical (unpaired) electrons. The molecule has 1 saturated heterocycles. The number of anilines is 1. The fraction of sp³-hybridized carbons (Fsp3) is 0.250. The van der Waals surface area contributed by atoms with Crippen molar-refractivity contribution in [3.8, 4) is 17.3 Å². The van der Waals surface area contributed by atoms with Gasteiger partial charge in [-0.15, -0.1) is 0 Å². The molecule has 2 heterocycles. The standard InChI is InChI=1S/C24H25N7O/c1-30-11-13-31(14-12-30)17-20-10-6-5-9-19(20)16-26-29-24-27-22(18-7-3-2-4-8-18)21(15-25)23(32)28-24/h2-10,16H,11-14,17H2,1H3,(H2,27,28,29,32). The summed E-state index contributed by atoms with van der Waals surface area (Å²) >= 11 is 0. The summed E-state index contributed by atoms with van der Waals surface area (Å²) in [7, 11) is 2.15. The highest BCUT2D eigenvalue weighted by atomic mass is 16.1. The van der Waals surface area contributed by atoms with Gasteiger partial charge < -0.3 is 4.90 Å². The van der Waals surface area contributed by atoms with Gasteiger partial charge in [-0.1, -0.05) is 54.6 Å². The summed E-state index contributed by atoms with van der Waals surface area (Å²) in [5, 5.41) is 13.7. The molecule has 0 bridgehead atoms. The quantitative estimate of drug-likeness (QED) is 0.463. The number of hydrogen-bond donors (Lipinski definition) is 2. The zero-order chi connectivity index (χ0) is 22.3. The molecule has 0 spiro atoms. The zero-order valence-corrected chi connectivity index (χ0v) is 18.0. The van der Waals surface area contributed by atoms with Crippen LogP contribution >= 0.6 is 0 Å². The molecule has 0 saturated carbocycles. The molecule has 2 N–H and O–H groups in total. The third-order valence-electron chi connectivity index (χ3n) is 5.50. The first-order valence-electron chi connectivity index (χ1n) is 10.5. The largest absolute Gasteiger partial charge is 0.304 e. The molecule has 162 valence electrons. The van der Waals surface area contributed by atoms with Crippen LogP contribution in [0.1, 0.15) is 16.7 Å². The molecule has 32 heavy (non-hydrogen) atoms. The van der Waals surface area contributed by atoms with Gasteiger partial charge in [-0.2, -0.15) is 10.4 Å². The van der Waals surface area contributed by atoms with Gasteiger partial charge in [0.05, 0.1) is 11.9 Å². The second-order valence-corrected chi connectivity index (χ2v) is 7.76. The van der Waals surface area contributed by atoms with Crippen LogP contribution in [0, 0.1) is 11.3 Å². The minimum atomic E-state index is -0.505. The molecule has 1 aromatic heterocycles. The lowest BCUT2D eigenvalue weighted by Crippen LogP contribution is -2.44. The lowest BCUT2D eigenvalue weighted by molar-refractivity contribution is 0.148. The smallest absolute Gasteiger partial charge is 0.270 e. The number of piperazine rings is 1. The minimum absolute atomic E-state index is 0.0248. The number of nitriles is 1. The molecule has 2 aromatic carbocycles. The highest BCUT2D eigenvalue weighted by Gasteiger charge is 2.15. The monoisotopic (exact) mass is 427 g/mol. The first kappa shape index (κ1) is 21.4. The Kier molecular flexibility index (Phi) is 6.70. The van der Waals surface area contributed by atoms with Crippen molar-refractivity contribution in [2.24, 2.45) is 5.10 Å². The number of hydrogen-bond acceptors (Lipinski definition) is 7. The Labute approximate surface area is 186 Å². The Morgan fingerprint density at radius 3 is 2.59 bits per heavy atom. The second kappa shape index (κ2) is 10.0. The third kappa shape index (κ3) is 5.09. The maximum Gasteiger partial charge on any atom is 0.270 e. The molecule has 1 aliphatic rings. The Morgan fingerprint density at radius 2 is 1.84 bits per heavy atom. The van der Waals surface area contributed by atoms with E-state index in [4.69, 9.17) is 0 Å². The molecule has 4 rings (SSSR count). The molecule has 8 heteroatoms. The summed E-state index contributed by atoms with van der Waals surface area (Å²) < 4.78 is 0. The fourth-order valence-corrected chi connectivity index (χ4v) is 3.65. The van der Waals surface area contributed by atoms with E-state index in [1.54, 1.807) is 6.21 Å². The molecule has 8 nitrogen and oxygen atoms in total. The normalized spacial score (nSPS) is 15.0. The Bertz CT molecular complexity index is 1190. The van der Waals surface area contributed by atoms with E-state index in [-0.39, 0.29) is 11.5 Å². The number of nitrogens with one attached hydrogen (secondary N) is 2. The summed E-state index contributed by atoms with van der Waals surface area (Å²) in [6.45, 7) is 5.08. The van der Waals surface area contributed by atoms with Crippen molar-refractivity contribution in [1.29, 1.82) is 5.26 Å². The van der Waals surface area contributed by atoms with E-state index >= 15 is 0 Å². The van der Waals surface area contributed by atoms with E-state index < -0.39 is 5.56 Å². The zero-order valence-electron chi connectivity index (χ0n) is 18.0. The number of benzene rings is 2. The number of hydrazone groups is 1. The second-order valence-electron chi connectivity index (χ2n) is 7.76. The van der Waals surface area contributed by atoms with E-state index in [2.05, 4.69) is 43.4 Å². The van der Waals surface area contributed by atoms with Gasteiger partial charge in [-0.25, -0.2) is 10.4 Å². The van der Waals surface area contributed by atoms with Gasteiger partial charge >= 0.3 is 0 Å². The van der Waals surface area contributed by atoms with Gasteiger partial charge in [-0.05, 0) is 18.2 Å². The van der Waals surface area contributed by atoms with Crippen LogP contribution in [0.5, 0.6) is 0 Å². The maximum atomic E-state index is 12.4. The van der Waals surface area contributed by atoms with E-state index in [1.165, 1.54) is 5.56 Å². The Hall–Kier alpha value is -3.80. The summed E-state index contributed by atoms with van der Waals surface area (Å²) in [4.78, 5) is 24.1. The van der Waals surface area contributed by atoms with Crippen LogP contribution in [0.25, 0.3) is 11.3 Å². The Balaban J connectivity index is 1.52. The molecule has 0 atom stereocenters. The summed E-state index contributed by atoms with van der Waals surface area (Å²) in [6, 6.07) is 19.2. The molecular weight excluding hydrogens is 402 g/mol. The number of aromatic amines is 1. The first-order chi connectivity index (χ1) is 15.6. The van der Waals surface area contributed by atoms with Gasteiger partial charge in [-0.3, -0.25) is 14.7 Å². The van der Waals surface area contributed by atoms with E-state index in [0.29, 0.717) is 11.3 Å². The van der Waals surface area contributed by atoms with Crippen molar-refractivity contribution in [3.63, 3.8) is 0 Å². The van der Waals surface area contributed by atoms with Gasteiger partial charge in [0.25, 0.3) is 5.56 Å². The number of H-pyrrole nitrogens is 1. The van der Waals surface area contributed by atoms with Crippen molar-refractivity contribution in [2.45, 2.75) is 6.54 Å². The summed E-state index contributed by atoms with van der Waals surface area (Å²) in [6.07, 6.45) is 1.73. The van der Waals surface area contributed by atoms with Crippen LogP contribution in [-0.2, 0) is 6.54 Å². The van der Waals surface area contributed by atoms with E-state index in [0.717, 1.165) is 38.3 Å². The van der Waals surface area contributed by atoms with Crippen molar-refractivity contribution < 1.29 is 0 Å². The first-order valence-corrected chi connectivity index (χ1v) is 10.5. The lowest BCUT2D eigenvalue weighted by Gasteiger charge is -2.32. The average Bonchev–Trinajstić information content (AvgIpc) is 2.82. The highest BCUT2D eigenvalue weighted by Crippen LogP contribution is 2.19. The van der Waals surface area contributed by atoms with Crippen molar-refractivity contribution in [1.82, 2.24) is 19.8 Å². The van der Waals surface area contributed by atoms with Crippen LogP contribution in [0.3, 0.4) is 0 Å². The fourth-order valence-electron chi connectivity index (χ4n) is 3.65. The molecule has 0 amide bonds. The van der Waals surface area contributed by atoms with Gasteiger partial charge in [0.2, 0.25) is 5.95 Å². The van der Waals surface area contributed by atoms with Gasteiger partial charge in [0.1, 0.15) is 11.6 Å². The van der Waals surface area contributed by atoms with Crippen molar-refractivity contribution in [2.75, 3.05) is 38.7 Å². The molecule has 0 aliphatic carbocycles.